The third kappa shape index (κ3) is 6.68. The molecule has 0 saturated carbocycles. The van der Waals surface area contributed by atoms with Crippen LogP contribution in [0, 0.1) is 0 Å². The van der Waals surface area contributed by atoms with Crippen molar-refractivity contribution in [1.29, 1.82) is 0 Å². The number of hydrogen-bond acceptors (Lipinski definition) is 9. The Labute approximate surface area is 189 Å². The van der Waals surface area contributed by atoms with Crippen LogP contribution < -0.4 is 7.86 Å². The number of alkyl halides is 9. The molecule has 9 nitrogen and oxygen atoms in total. The number of ether oxygens (including phenoxy) is 4. The predicted octanol–water partition coefficient (Wildman–Crippen LogP) is 3.60. The average molecular weight is 704 g/mol. The number of esters is 1. The molecular weight excluding hydrogens is 696 g/mol. The molecule has 0 aliphatic carbocycles. The summed E-state index contributed by atoms with van der Waals surface area (Å²) in [6.07, 6.45) is -16.5. The zero-order chi connectivity index (χ0) is 26.1. The molecule has 0 unspecified atom stereocenters. The van der Waals surface area contributed by atoms with E-state index in [-0.39, 0.29) is 0 Å². The van der Waals surface area contributed by atoms with Crippen LogP contribution in [0.4, 0.5) is 49.1 Å². The summed E-state index contributed by atoms with van der Waals surface area (Å²) < 4.78 is 124. The van der Waals surface area contributed by atoms with Gasteiger partial charge < -0.3 is 0 Å². The maximum atomic E-state index is 13.3. The molecule has 1 aliphatic rings. The molecule has 0 radical (unpaired) electrons. The second-order valence-electron chi connectivity index (χ2n) is 6.15. The van der Waals surface area contributed by atoms with Gasteiger partial charge in [0.15, 0.2) is 0 Å². The Balaban J connectivity index is 2.61. The SMILES string of the molecule is COC(=O)COc1cc(C2(C(F)(F)F)N=N2)cc[c]1[Tl]([C](=O)OC(F)(F)F)[C](=O)OC(F)(F)F. The van der Waals surface area contributed by atoms with Gasteiger partial charge in [0.1, 0.15) is 0 Å². The van der Waals surface area contributed by atoms with Crippen molar-refractivity contribution in [1.82, 2.24) is 0 Å². The summed E-state index contributed by atoms with van der Waals surface area (Å²) in [6, 6.07) is 1.39. The third-order valence-electron chi connectivity index (χ3n) is 3.90. The van der Waals surface area contributed by atoms with Gasteiger partial charge in [-0.2, -0.15) is 0 Å². The molecule has 1 aromatic rings. The molecule has 19 heteroatoms. The molecule has 0 bridgehead atoms. The number of carbonyl (C=O) groups excluding carboxylic acids is 3. The summed E-state index contributed by atoms with van der Waals surface area (Å²) in [5, 5.41) is 5.72. The van der Waals surface area contributed by atoms with Crippen LogP contribution in [0.15, 0.2) is 28.4 Å². The fourth-order valence-electron chi connectivity index (χ4n) is 2.45. The molecule has 0 aromatic heterocycles. The molecule has 0 atom stereocenters. The summed E-state index contributed by atoms with van der Waals surface area (Å²) in [7, 11) is 0.855. The van der Waals surface area contributed by atoms with Gasteiger partial charge in [0.25, 0.3) is 0 Å². The van der Waals surface area contributed by atoms with Crippen molar-refractivity contribution in [2.75, 3.05) is 13.7 Å². The van der Waals surface area contributed by atoms with Gasteiger partial charge in [0.05, 0.1) is 0 Å². The Morgan fingerprint density at radius 3 is 1.79 bits per heavy atom. The van der Waals surface area contributed by atoms with Crippen LogP contribution in [-0.2, 0) is 24.7 Å². The fourth-order valence-corrected chi connectivity index (χ4v) is 10.0. The summed E-state index contributed by atoms with van der Waals surface area (Å²) >= 11 is -6.06. The molecule has 0 amide bonds. The van der Waals surface area contributed by atoms with Crippen molar-refractivity contribution in [3.8, 4) is 5.75 Å². The summed E-state index contributed by atoms with van der Waals surface area (Å²) in [6.45, 7) is -1.11. The van der Waals surface area contributed by atoms with Crippen LogP contribution in [-0.4, -0.2) is 68.3 Å². The molecule has 1 aliphatic heterocycles. The quantitative estimate of drug-likeness (QED) is 0.185. The number of nitrogens with zero attached hydrogens (tertiary/aromatic N) is 2. The molecule has 1 heterocycles. The zero-order valence-corrected chi connectivity index (χ0v) is 20.7. The van der Waals surface area contributed by atoms with E-state index in [9.17, 15) is 53.9 Å². The van der Waals surface area contributed by atoms with Crippen molar-refractivity contribution >= 4 is 38.9 Å². The van der Waals surface area contributed by atoms with E-state index < -0.39 is 81.3 Å². The average Bonchev–Trinajstić information content (AvgIpc) is 3.46. The normalized spacial score (nSPS) is 14.8. The number of carbonyl (C=O) groups is 3. The van der Waals surface area contributed by atoms with E-state index in [2.05, 4.69) is 24.4 Å². The maximum absolute atomic E-state index is 13.3. The molecule has 0 saturated heterocycles. The first-order chi connectivity index (χ1) is 15.4. The molecule has 1 aromatic carbocycles. The zero-order valence-electron chi connectivity index (χ0n) is 16.2. The Morgan fingerprint density at radius 1 is 0.912 bits per heavy atom. The van der Waals surface area contributed by atoms with Gasteiger partial charge >= 0.3 is 190 Å². The van der Waals surface area contributed by atoms with Crippen LogP contribution in [0.5, 0.6) is 5.75 Å². The molecular formula is C15H8F9N2O7Tl. The fraction of sp³-hybridized carbons (Fsp3) is 0.400. The predicted molar refractivity (Wildman–Crippen MR) is 87.0 cm³/mol. The molecule has 0 fully saturated rings. The van der Waals surface area contributed by atoms with Crippen LogP contribution in [0.25, 0.3) is 0 Å². The number of methoxy groups -OCH3 is 1. The summed E-state index contributed by atoms with van der Waals surface area (Å²) in [5.41, 5.74) is -3.95. The van der Waals surface area contributed by atoms with Crippen LogP contribution in [0.2, 0.25) is 0 Å². The molecule has 2 rings (SSSR count). The van der Waals surface area contributed by atoms with Crippen molar-refractivity contribution in [2.45, 2.75) is 24.6 Å². The summed E-state index contributed by atoms with van der Waals surface area (Å²) in [5.74, 6) is -2.17. The van der Waals surface area contributed by atoms with Crippen LogP contribution in [0.3, 0.4) is 0 Å². The second-order valence-corrected chi connectivity index (χ2v) is 15.6. The first-order valence-electron chi connectivity index (χ1n) is 8.34. The second kappa shape index (κ2) is 9.52. The van der Waals surface area contributed by atoms with Gasteiger partial charge in [0, 0.05) is 0 Å². The van der Waals surface area contributed by atoms with E-state index in [0.717, 1.165) is 7.11 Å². The van der Waals surface area contributed by atoms with Crippen molar-refractivity contribution in [3.63, 3.8) is 0 Å². The van der Waals surface area contributed by atoms with Gasteiger partial charge in [0.2, 0.25) is 0 Å². The van der Waals surface area contributed by atoms with Gasteiger partial charge in [-0.15, -0.1) is 0 Å². The first kappa shape index (κ1) is 27.6. The number of rotatable bonds is 7. The van der Waals surface area contributed by atoms with Crippen molar-refractivity contribution < 1.29 is 72.8 Å². The monoisotopic (exact) mass is 704 g/mol. The molecule has 0 spiro atoms. The minimum absolute atomic E-state index is 0.417. The standard InChI is InChI=1S/C11H8F3N2O3.2C2F3O2.Tl/c1-18-9(17)6-19-8-4-2-3-7(5-8)10(15-16-10)11(12,13)14;2*3-2(4,5)7-1-6;/h2-3,5H,6H2,1H3;;;. The van der Waals surface area contributed by atoms with Crippen molar-refractivity contribution in [2.24, 2.45) is 10.2 Å². The number of halogens is 9. The van der Waals surface area contributed by atoms with E-state index in [0.29, 0.717) is 18.2 Å². The van der Waals surface area contributed by atoms with E-state index in [1.807, 2.05) is 0 Å². The van der Waals surface area contributed by atoms with Crippen LogP contribution in [0.1, 0.15) is 5.56 Å². The van der Waals surface area contributed by atoms with Gasteiger partial charge in [-0.1, -0.05) is 0 Å². The van der Waals surface area contributed by atoms with Gasteiger partial charge in [-0.25, -0.2) is 0 Å². The Morgan fingerprint density at radius 2 is 1.41 bits per heavy atom. The van der Waals surface area contributed by atoms with E-state index in [1.165, 1.54) is 0 Å². The van der Waals surface area contributed by atoms with E-state index >= 15 is 0 Å². The van der Waals surface area contributed by atoms with Gasteiger partial charge in [-0.05, 0) is 0 Å². The van der Waals surface area contributed by atoms with E-state index in [4.69, 9.17) is 4.74 Å². The molecule has 34 heavy (non-hydrogen) atoms. The first-order valence-corrected chi connectivity index (χ1v) is 15.1. The molecule has 186 valence electrons. The van der Waals surface area contributed by atoms with Crippen molar-refractivity contribution in [3.05, 3.63) is 23.8 Å². The van der Waals surface area contributed by atoms with Crippen LogP contribution >= 0.6 is 0 Å². The number of benzene rings is 1. The Bertz CT molecular complexity index is 973. The summed E-state index contributed by atoms with van der Waals surface area (Å²) in [4.78, 5) is 35.4. The third-order valence-corrected chi connectivity index (χ3v) is 12.8. The van der Waals surface area contributed by atoms with Gasteiger partial charge in [-0.3, -0.25) is 0 Å². The Kier molecular flexibility index (Phi) is 7.72. The van der Waals surface area contributed by atoms with E-state index in [1.54, 1.807) is 0 Å². The number of hydrogen-bond donors (Lipinski definition) is 0. The minimum atomic E-state index is -6.06. The molecule has 0 N–H and O–H groups in total. The Hall–Kier alpha value is -2.68. The topological polar surface area (TPSA) is 113 Å².